The summed E-state index contributed by atoms with van der Waals surface area (Å²) in [5.41, 5.74) is 1.05. The Kier molecular flexibility index (Phi) is 2.38. The third-order valence-corrected chi connectivity index (χ3v) is 1.99. The van der Waals surface area contributed by atoms with Crippen molar-refractivity contribution in [1.29, 1.82) is 0 Å². The van der Waals surface area contributed by atoms with E-state index in [2.05, 4.69) is 0 Å². The minimum atomic E-state index is -0.690. The van der Waals surface area contributed by atoms with E-state index in [1.807, 2.05) is 30.3 Å². The molecule has 3 nitrogen and oxygen atoms in total. The van der Waals surface area contributed by atoms with Gasteiger partial charge < -0.3 is 9.47 Å². The highest BCUT2D eigenvalue weighted by Gasteiger charge is 2.26. The smallest absolute Gasteiger partial charge is 0.215 e. The topological polar surface area (TPSA) is 35.5 Å². The average molecular weight is 178 g/mol. The number of aldehydes is 1. The Bertz CT molecular complexity index is 283. The Morgan fingerprint density at radius 1 is 1.31 bits per heavy atom. The van der Waals surface area contributed by atoms with Gasteiger partial charge in [0.05, 0.1) is 6.61 Å². The lowest BCUT2D eigenvalue weighted by Crippen LogP contribution is -2.08. The summed E-state index contributed by atoms with van der Waals surface area (Å²) in [6, 6.07) is 9.73. The van der Waals surface area contributed by atoms with Crippen LogP contribution in [0, 0.1) is 0 Å². The van der Waals surface area contributed by atoms with Gasteiger partial charge in [0.2, 0.25) is 6.29 Å². The van der Waals surface area contributed by atoms with E-state index in [0.717, 1.165) is 5.56 Å². The highest BCUT2D eigenvalue weighted by Crippen LogP contribution is 2.24. The van der Waals surface area contributed by atoms with E-state index in [1.54, 1.807) is 0 Å². The van der Waals surface area contributed by atoms with Crippen LogP contribution in [0.3, 0.4) is 0 Å². The number of carbonyl (C=O) groups is 1. The highest BCUT2D eigenvalue weighted by molar-refractivity contribution is 5.54. The normalized spacial score (nSPS) is 27.4. The van der Waals surface area contributed by atoms with Gasteiger partial charge in [-0.25, -0.2) is 0 Å². The molecular weight excluding hydrogens is 168 g/mol. The first kappa shape index (κ1) is 8.41. The summed E-state index contributed by atoms with van der Waals surface area (Å²) in [6.45, 7) is 0.452. The van der Waals surface area contributed by atoms with Gasteiger partial charge in [0.25, 0.3) is 0 Å². The molecule has 0 aromatic heterocycles. The van der Waals surface area contributed by atoms with Crippen LogP contribution in [-0.2, 0) is 14.3 Å². The number of carbonyl (C=O) groups excluding carboxylic acids is 1. The average Bonchev–Trinajstić information content (AvgIpc) is 2.67. The molecule has 0 amide bonds. The summed E-state index contributed by atoms with van der Waals surface area (Å²) >= 11 is 0. The van der Waals surface area contributed by atoms with Gasteiger partial charge in [-0.15, -0.1) is 0 Å². The van der Waals surface area contributed by atoms with Gasteiger partial charge in [-0.3, -0.25) is 4.79 Å². The van der Waals surface area contributed by atoms with Gasteiger partial charge in [-0.1, -0.05) is 30.3 Å². The Labute approximate surface area is 76.3 Å². The molecule has 1 fully saturated rings. The van der Waals surface area contributed by atoms with Gasteiger partial charge in [-0.05, 0) is 5.56 Å². The Morgan fingerprint density at radius 2 is 2.08 bits per heavy atom. The SMILES string of the molecule is O=C[C@@H]1OC[C@@H](c2ccccc2)O1. The van der Waals surface area contributed by atoms with Crippen molar-refractivity contribution in [2.45, 2.75) is 12.4 Å². The van der Waals surface area contributed by atoms with Crippen LogP contribution in [0.5, 0.6) is 0 Å². The lowest BCUT2D eigenvalue weighted by molar-refractivity contribution is -0.133. The van der Waals surface area contributed by atoms with Crippen LogP contribution in [0.25, 0.3) is 0 Å². The maximum absolute atomic E-state index is 10.3. The third kappa shape index (κ3) is 1.76. The second-order valence-electron chi connectivity index (χ2n) is 2.87. The number of rotatable bonds is 2. The minimum Gasteiger partial charge on any atom is -0.343 e. The van der Waals surface area contributed by atoms with Crippen molar-refractivity contribution >= 4 is 6.29 Å². The Morgan fingerprint density at radius 3 is 2.69 bits per heavy atom. The summed E-state index contributed by atoms with van der Waals surface area (Å²) in [5.74, 6) is 0. The zero-order chi connectivity index (χ0) is 9.10. The standard InChI is InChI=1S/C10H10O3/c11-6-10-12-7-9(13-10)8-4-2-1-3-5-8/h1-6,9-10H,7H2/t9-,10+/m0/s1. The molecule has 0 spiro atoms. The van der Waals surface area contributed by atoms with E-state index in [9.17, 15) is 4.79 Å². The monoisotopic (exact) mass is 178 g/mol. The first-order valence-corrected chi connectivity index (χ1v) is 4.17. The van der Waals surface area contributed by atoms with Crippen molar-refractivity contribution in [3.05, 3.63) is 35.9 Å². The molecule has 68 valence electrons. The van der Waals surface area contributed by atoms with Gasteiger partial charge in [0.1, 0.15) is 6.10 Å². The first-order valence-electron chi connectivity index (χ1n) is 4.17. The maximum Gasteiger partial charge on any atom is 0.215 e. The fourth-order valence-corrected chi connectivity index (χ4v) is 1.34. The van der Waals surface area contributed by atoms with Crippen LogP contribution in [0.4, 0.5) is 0 Å². The highest BCUT2D eigenvalue weighted by atomic mass is 16.7. The fraction of sp³-hybridized carbons (Fsp3) is 0.300. The van der Waals surface area contributed by atoms with E-state index in [4.69, 9.17) is 9.47 Å². The molecular formula is C10H10O3. The predicted octanol–water partition coefficient (Wildman–Crippen LogP) is 1.30. The summed E-state index contributed by atoms with van der Waals surface area (Å²) in [6.07, 6.45) is -0.121. The van der Waals surface area contributed by atoms with E-state index in [1.165, 1.54) is 0 Å². The molecule has 0 radical (unpaired) electrons. The van der Waals surface area contributed by atoms with Crippen molar-refractivity contribution < 1.29 is 14.3 Å². The summed E-state index contributed by atoms with van der Waals surface area (Å²) in [5, 5.41) is 0. The first-order chi connectivity index (χ1) is 6.40. The fourth-order valence-electron chi connectivity index (χ4n) is 1.34. The van der Waals surface area contributed by atoms with Crippen molar-refractivity contribution in [1.82, 2.24) is 0 Å². The molecule has 1 saturated heterocycles. The van der Waals surface area contributed by atoms with Crippen LogP contribution in [0.2, 0.25) is 0 Å². The molecule has 1 aliphatic rings. The zero-order valence-corrected chi connectivity index (χ0v) is 7.05. The largest absolute Gasteiger partial charge is 0.343 e. The quantitative estimate of drug-likeness (QED) is 0.640. The lowest BCUT2D eigenvalue weighted by Gasteiger charge is -2.07. The summed E-state index contributed by atoms with van der Waals surface area (Å²) in [4.78, 5) is 10.3. The van der Waals surface area contributed by atoms with Crippen molar-refractivity contribution in [3.8, 4) is 0 Å². The molecule has 3 heteroatoms. The molecule has 13 heavy (non-hydrogen) atoms. The number of ether oxygens (including phenoxy) is 2. The second-order valence-corrected chi connectivity index (χ2v) is 2.87. The van der Waals surface area contributed by atoms with E-state index in [0.29, 0.717) is 12.9 Å². The predicted molar refractivity (Wildman–Crippen MR) is 46.1 cm³/mol. The van der Waals surface area contributed by atoms with E-state index >= 15 is 0 Å². The van der Waals surface area contributed by atoms with Gasteiger partial charge in [0.15, 0.2) is 6.29 Å². The molecule has 1 aromatic carbocycles. The molecule has 1 aliphatic heterocycles. The van der Waals surface area contributed by atoms with E-state index < -0.39 is 6.29 Å². The molecule has 0 bridgehead atoms. The maximum atomic E-state index is 10.3. The number of hydrogen-bond donors (Lipinski definition) is 0. The van der Waals surface area contributed by atoms with Gasteiger partial charge >= 0.3 is 0 Å². The van der Waals surface area contributed by atoms with Crippen LogP contribution in [0.15, 0.2) is 30.3 Å². The van der Waals surface area contributed by atoms with Crippen molar-refractivity contribution in [2.75, 3.05) is 6.61 Å². The Balaban J connectivity index is 2.08. The second kappa shape index (κ2) is 3.68. The van der Waals surface area contributed by atoms with Crippen molar-refractivity contribution in [3.63, 3.8) is 0 Å². The van der Waals surface area contributed by atoms with Crippen LogP contribution >= 0.6 is 0 Å². The zero-order valence-electron chi connectivity index (χ0n) is 7.05. The number of benzene rings is 1. The molecule has 0 aliphatic carbocycles. The molecule has 0 saturated carbocycles. The molecule has 0 N–H and O–H groups in total. The molecule has 1 aromatic rings. The van der Waals surface area contributed by atoms with Gasteiger partial charge in [-0.2, -0.15) is 0 Å². The van der Waals surface area contributed by atoms with E-state index in [-0.39, 0.29) is 6.10 Å². The van der Waals surface area contributed by atoms with Crippen LogP contribution in [0.1, 0.15) is 11.7 Å². The van der Waals surface area contributed by atoms with Crippen molar-refractivity contribution in [2.24, 2.45) is 0 Å². The molecule has 2 rings (SSSR count). The lowest BCUT2D eigenvalue weighted by atomic mass is 10.1. The molecule has 0 unspecified atom stereocenters. The third-order valence-electron chi connectivity index (χ3n) is 1.99. The van der Waals surface area contributed by atoms with Crippen LogP contribution in [-0.4, -0.2) is 19.2 Å². The van der Waals surface area contributed by atoms with Gasteiger partial charge in [0, 0.05) is 0 Å². The van der Waals surface area contributed by atoms with Crippen LogP contribution < -0.4 is 0 Å². The Hall–Kier alpha value is -1.19. The molecule has 1 heterocycles. The summed E-state index contributed by atoms with van der Waals surface area (Å²) < 4.78 is 10.4. The minimum absolute atomic E-state index is 0.101. The summed E-state index contributed by atoms with van der Waals surface area (Å²) in [7, 11) is 0. The molecule has 2 atom stereocenters. The number of hydrogen-bond acceptors (Lipinski definition) is 3.